The van der Waals surface area contributed by atoms with E-state index in [1.807, 2.05) is 5.38 Å². The fraction of sp³-hybridized carbons (Fsp3) is 0.267. The minimum absolute atomic E-state index is 0.0680. The van der Waals surface area contributed by atoms with E-state index in [1.54, 1.807) is 23.7 Å². The van der Waals surface area contributed by atoms with Gasteiger partial charge in [0.15, 0.2) is 11.5 Å². The van der Waals surface area contributed by atoms with Gasteiger partial charge in [-0.05, 0) is 18.2 Å². The molecule has 1 aromatic heterocycles. The number of nitrogens with zero attached hydrogens (tertiary/aromatic N) is 1. The molecule has 23 heavy (non-hydrogen) atoms. The summed E-state index contributed by atoms with van der Waals surface area (Å²) in [6.07, 6.45) is -0.127. The second-order valence-electron chi connectivity index (χ2n) is 4.53. The molecular formula is C15H16N2O5S. The van der Waals surface area contributed by atoms with Crippen LogP contribution in [0.5, 0.6) is 11.5 Å². The molecule has 2 N–H and O–H groups in total. The number of carboxylic acids is 1. The summed E-state index contributed by atoms with van der Waals surface area (Å²) in [7, 11) is 1.48. The highest BCUT2D eigenvalue weighted by atomic mass is 32.1. The van der Waals surface area contributed by atoms with Crippen LogP contribution < -0.4 is 14.8 Å². The summed E-state index contributed by atoms with van der Waals surface area (Å²) in [5.74, 6) is -0.405. The van der Waals surface area contributed by atoms with Gasteiger partial charge in [-0.2, -0.15) is 0 Å². The van der Waals surface area contributed by atoms with E-state index < -0.39 is 5.97 Å². The van der Waals surface area contributed by atoms with E-state index in [4.69, 9.17) is 14.6 Å². The van der Waals surface area contributed by atoms with Gasteiger partial charge in [-0.25, -0.2) is 4.98 Å². The van der Waals surface area contributed by atoms with Crippen molar-refractivity contribution in [3.8, 4) is 11.5 Å². The summed E-state index contributed by atoms with van der Waals surface area (Å²) in [4.78, 5) is 26.5. The molecule has 0 aliphatic carbocycles. The fourth-order valence-electron chi connectivity index (χ4n) is 1.77. The van der Waals surface area contributed by atoms with Crippen LogP contribution in [0.1, 0.15) is 22.5 Å². The molecule has 8 heteroatoms. The molecule has 0 atom stereocenters. The first-order valence-electron chi connectivity index (χ1n) is 6.78. The first kappa shape index (κ1) is 16.8. The van der Waals surface area contributed by atoms with Crippen molar-refractivity contribution in [3.05, 3.63) is 40.3 Å². The van der Waals surface area contributed by atoms with Gasteiger partial charge in [0.25, 0.3) is 5.91 Å². The normalized spacial score (nSPS) is 10.1. The van der Waals surface area contributed by atoms with Crippen LogP contribution in [0.25, 0.3) is 0 Å². The third kappa shape index (κ3) is 4.96. The molecule has 0 radical (unpaired) electrons. The van der Waals surface area contributed by atoms with Crippen molar-refractivity contribution in [3.63, 3.8) is 0 Å². The molecular weight excluding hydrogens is 320 g/mol. The smallest absolute Gasteiger partial charge is 0.305 e. The number of aromatic nitrogens is 1. The lowest BCUT2D eigenvalue weighted by atomic mass is 10.2. The highest BCUT2D eigenvalue weighted by molar-refractivity contribution is 7.07. The van der Waals surface area contributed by atoms with Crippen LogP contribution in [0.2, 0.25) is 0 Å². The Hall–Kier alpha value is -2.61. The third-order valence-electron chi connectivity index (χ3n) is 2.91. The van der Waals surface area contributed by atoms with Crippen LogP contribution in [-0.4, -0.2) is 35.6 Å². The van der Waals surface area contributed by atoms with Gasteiger partial charge in [-0.1, -0.05) is 0 Å². The van der Waals surface area contributed by atoms with E-state index in [9.17, 15) is 9.59 Å². The van der Waals surface area contributed by atoms with Gasteiger partial charge in [0.2, 0.25) is 0 Å². The maximum Gasteiger partial charge on any atom is 0.305 e. The Balaban J connectivity index is 2.00. The number of benzene rings is 1. The number of carboxylic acid groups (broad SMARTS) is 1. The van der Waals surface area contributed by atoms with Crippen molar-refractivity contribution >= 4 is 23.2 Å². The topological polar surface area (TPSA) is 97.8 Å². The molecule has 1 heterocycles. The van der Waals surface area contributed by atoms with E-state index in [1.165, 1.54) is 18.4 Å². The van der Waals surface area contributed by atoms with Crippen molar-refractivity contribution in [2.24, 2.45) is 0 Å². The van der Waals surface area contributed by atoms with Crippen LogP contribution in [-0.2, 0) is 11.4 Å². The minimum Gasteiger partial charge on any atom is -0.493 e. The second kappa shape index (κ2) is 8.14. The number of carbonyl (C=O) groups excluding carboxylic acids is 1. The zero-order chi connectivity index (χ0) is 16.7. The Kier molecular flexibility index (Phi) is 5.93. The summed E-state index contributed by atoms with van der Waals surface area (Å²) in [5, 5.41) is 13.0. The number of thiazole rings is 1. The lowest BCUT2D eigenvalue weighted by Crippen LogP contribution is -2.26. The first-order valence-corrected chi connectivity index (χ1v) is 7.72. The van der Waals surface area contributed by atoms with Gasteiger partial charge in [0, 0.05) is 17.5 Å². The SMILES string of the molecule is COc1cc(C(=O)NCCC(=O)O)ccc1OCc1cscn1. The standard InChI is InChI=1S/C15H16N2O5S/c1-21-13-6-10(15(20)16-5-4-14(18)19)2-3-12(13)22-7-11-8-23-9-17-11/h2-3,6,8-9H,4-5,7H2,1H3,(H,16,20)(H,18,19). The Bertz CT molecular complexity index is 673. The fourth-order valence-corrected chi connectivity index (χ4v) is 2.32. The van der Waals surface area contributed by atoms with E-state index in [0.717, 1.165) is 5.69 Å². The highest BCUT2D eigenvalue weighted by Crippen LogP contribution is 2.28. The summed E-state index contributed by atoms with van der Waals surface area (Å²) < 4.78 is 10.9. The van der Waals surface area contributed by atoms with Crippen LogP contribution in [0.15, 0.2) is 29.1 Å². The molecule has 0 fully saturated rings. The van der Waals surface area contributed by atoms with E-state index in [0.29, 0.717) is 23.7 Å². The van der Waals surface area contributed by atoms with Crippen LogP contribution in [0.3, 0.4) is 0 Å². The van der Waals surface area contributed by atoms with Crippen molar-refractivity contribution < 1.29 is 24.2 Å². The average molecular weight is 336 g/mol. The molecule has 7 nitrogen and oxygen atoms in total. The molecule has 0 saturated heterocycles. The number of ether oxygens (including phenoxy) is 2. The number of carbonyl (C=O) groups is 2. The van der Waals surface area contributed by atoms with Gasteiger partial charge in [-0.15, -0.1) is 11.3 Å². The zero-order valence-corrected chi connectivity index (χ0v) is 13.3. The van der Waals surface area contributed by atoms with Crippen LogP contribution in [0.4, 0.5) is 0 Å². The lowest BCUT2D eigenvalue weighted by Gasteiger charge is -2.11. The minimum atomic E-state index is -0.964. The number of amides is 1. The van der Waals surface area contributed by atoms with Crippen molar-refractivity contribution in [1.29, 1.82) is 0 Å². The van der Waals surface area contributed by atoms with Crippen molar-refractivity contribution in [2.45, 2.75) is 13.0 Å². The maximum atomic E-state index is 11.9. The quantitative estimate of drug-likeness (QED) is 0.764. The van der Waals surface area contributed by atoms with E-state index >= 15 is 0 Å². The molecule has 0 bridgehead atoms. The summed E-state index contributed by atoms with van der Waals surface area (Å²) in [5.41, 5.74) is 2.90. The Morgan fingerprint density at radius 2 is 2.17 bits per heavy atom. The molecule has 0 spiro atoms. The molecule has 122 valence electrons. The molecule has 0 unspecified atom stereocenters. The second-order valence-corrected chi connectivity index (χ2v) is 5.25. The molecule has 0 saturated carbocycles. The summed E-state index contributed by atoms with van der Waals surface area (Å²) in [6, 6.07) is 4.78. The predicted octanol–water partition coefficient (Wildman–Crippen LogP) is 1.94. The number of methoxy groups -OCH3 is 1. The summed E-state index contributed by atoms with van der Waals surface area (Å²) in [6.45, 7) is 0.378. The monoisotopic (exact) mass is 336 g/mol. The van der Waals surface area contributed by atoms with Gasteiger partial charge in [0.1, 0.15) is 6.61 Å². The maximum absolute atomic E-state index is 11.9. The molecule has 2 rings (SSSR count). The number of hydrogen-bond acceptors (Lipinski definition) is 6. The number of rotatable bonds is 8. The number of nitrogens with one attached hydrogen (secondary N) is 1. The van der Waals surface area contributed by atoms with Crippen molar-refractivity contribution in [2.75, 3.05) is 13.7 Å². The highest BCUT2D eigenvalue weighted by Gasteiger charge is 2.12. The Morgan fingerprint density at radius 3 is 2.83 bits per heavy atom. The van der Waals surface area contributed by atoms with Gasteiger partial charge in [-0.3, -0.25) is 9.59 Å². The lowest BCUT2D eigenvalue weighted by molar-refractivity contribution is -0.136. The molecule has 1 amide bonds. The molecule has 1 aromatic carbocycles. The van der Waals surface area contributed by atoms with Crippen LogP contribution in [0, 0.1) is 0 Å². The average Bonchev–Trinajstić information content (AvgIpc) is 3.05. The van der Waals surface area contributed by atoms with Crippen molar-refractivity contribution in [1.82, 2.24) is 10.3 Å². The van der Waals surface area contributed by atoms with Gasteiger partial charge in [0.05, 0.1) is 24.7 Å². The van der Waals surface area contributed by atoms with E-state index in [2.05, 4.69) is 10.3 Å². The number of hydrogen-bond donors (Lipinski definition) is 2. The summed E-state index contributed by atoms with van der Waals surface area (Å²) >= 11 is 1.48. The molecule has 0 aliphatic heterocycles. The number of aliphatic carboxylic acids is 1. The Labute approximate surface area is 136 Å². The first-order chi connectivity index (χ1) is 11.1. The Morgan fingerprint density at radius 1 is 1.35 bits per heavy atom. The van der Waals surface area contributed by atoms with Gasteiger partial charge >= 0.3 is 5.97 Å². The van der Waals surface area contributed by atoms with Crippen LogP contribution >= 0.6 is 11.3 Å². The molecule has 2 aromatic rings. The van der Waals surface area contributed by atoms with Gasteiger partial charge < -0.3 is 19.9 Å². The molecule has 0 aliphatic rings. The third-order valence-corrected chi connectivity index (χ3v) is 3.54. The van der Waals surface area contributed by atoms with E-state index in [-0.39, 0.29) is 18.9 Å². The largest absolute Gasteiger partial charge is 0.493 e. The predicted molar refractivity (Wildman–Crippen MR) is 84.0 cm³/mol. The zero-order valence-electron chi connectivity index (χ0n) is 12.4.